The number of carbonyl (C=O) groups excluding carboxylic acids is 1. The highest BCUT2D eigenvalue weighted by Gasteiger charge is 2.61. The molecule has 3 heteroatoms. The lowest BCUT2D eigenvalue weighted by Gasteiger charge is -2.47. The van der Waals surface area contributed by atoms with Crippen molar-refractivity contribution in [2.45, 2.75) is 84.2 Å². The maximum Gasteiger partial charge on any atom is 0.241 e. The number of nitrogens with zero attached hydrogens (tertiary/aromatic N) is 1. The lowest BCUT2D eigenvalue weighted by atomic mass is 9.60. The summed E-state index contributed by atoms with van der Waals surface area (Å²) in [6.07, 6.45) is 9.93. The Kier molecular flexibility index (Phi) is 6.59. The predicted octanol–water partition coefficient (Wildman–Crippen LogP) is 7.15. The van der Waals surface area contributed by atoms with Gasteiger partial charge < -0.3 is 10.2 Å². The first-order valence-corrected chi connectivity index (χ1v) is 13.6. The number of rotatable bonds is 7. The van der Waals surface area contributed by atoms with E-state index in [0.29, 0.717) is 23.9 Å². The largest absolute Gasteiger partial charge is 0.308 e. The van der Waals surface area contributed by atoms with Gasteiger partial charge in [-0.3, -0.25) is 4.79 Å². The van der Waals surface area contributed by atoms with Crippen molar-refractivity contribution in [1.29, 1.82) is 0 Å². The molecule has 2 bridgehead atoms. The first-order valence-electron chi connectivity index (χ1n) is 13.6. The molecule has 1 N–H and O–H groups in total. The first-order chi connectivity index (χ1) is 16.4. The van der Waals surface area contributed by atoms with E-state index in [-0.39, 0.29) is 17.4 Å². The Bertz CT molecular complexity index is 961. The third-order valence-electron chi connectivity index (χ3n) is 9.59. The van der Waals surface area contributed by atoms with Crippen molar-refractivity contribution in [3.63, 3.8) is 0 Å². The zero-order valence-corrected chi connectivity index (χ0v) is 21.3. The topological polar surface area (TPSA) is 32.3 Å². The Hall–Kier alpha value is -2.13. The van der Waals surface area contributed by atoms with Crippen molar-refractivity contribution in [1.82, 2.24) is 5.32 Å². The number of anilines is 1. The van der Waals surface area contributed by atoms with Gasteiger partial charge in [0.2, 0.25) is 5.91 Å². The molecule has 2 aromatic carbocycles. The molecular formula is C31H42N2O. The van der Waals surface area contributed by atoms with Crippen LogP contribution in [0.4, 0.5) is 5.69 Å². The molecule has 0 radical (unpaired) electrons. The van der Waals surface area contributed by atoms with E-state index in [1.165, 1.54) is 44.1 Å². The SMILES string of the molecule is CC12CCC(C1)C(C)(C)C2C(NCC(=O)N(c1ccccc1)C1CCCCC1)c1ccccc1. The fraction of sp³-hybridized carbons (Fsp3) is 0.581. The van der Waals surface area contributed by atoms with Crippen LogP contribution in [0.15, 0.2) is 60.7 Å². The zero-order chi connectivity index (χ0) is 23.8. The average Bonchev–Trinajstić information content (AvgIpc) is 3.34. The standard InChI is InChI=1S/C31H42N2O/c1-30(2)24-19-20-31(3,21-24)29(30)28(23-13-7-4-8-14-23)32-22-27(34)33(25-15-9-5-10-16-25)26-17-11-6-12-18-26/h4-5,7-10,13-16,24,26,28-29,32H,6,11-12,17-22H2,1-3H3. The summed E-state index contributed by atoms with van der Waals surface area (Å²) in [6, 6.07) is 21.7. The van der Waals surface area contributed by atoms with E-state index in [1.54, 1.807) is 0 Å². The number of hydrogen-bond acceptors (Lipinski definition) is 2. The Balaban J connectivity index is 1.41. The van der Waals surface area contributed by atoms with E-state index in [1.807, 2.05) is 6.07 Å². The molecule has 3 nitrogen and oxygen atoms in total. The Labute approximate surface area is 206 Å². The molecule has 3 aliphatic carbocycles. The zero-order valence-electron chi connectivity index (χ0n) is 21.3. The molecule has 0 aromatic heterocycles. The number of amides is 1. The van der Waals surface area contributed by atoms with E-state index in [0.717, 1.165) is 24.4 Å². The van der Waals surface area contributed by atoms with Gasteiger partial charge in [0.15, 0.2) is 0 Å². The van der Waals surface area contributed by atoms with E-state index in [4.69, 9.17) is 0 Å². The monoisotopic (exact) mass is 458 g/mol. The molecule has 4 atom stereocenters. The van der Waals surface area contributed by atoms with Gasteiger partial charge in [-0.05, 0) is 72.5 Å². The van der Waals surface area contributed by atoms with Gasteiger partial charge in [0.1, 0.15) is 0 Å². The van der Waals surface area contributed by atoms with Gasteiger partial charge in [-0.25, -0.2) is 0 Å². The fourth-order valence-corrected chi connectivity index (χ4v) is 8.03. The lowest BCUT2D eigenvalue weighted by Crippen LogP contribution is -2.49. The number of para-hydroxylation sites is 1. The van der Waals surface area contributed by atoms with Gasteiger partial charge in [0, 0.05) is 17.8 Å². The molecule has 4 unspecified atom stereocenters. The third-order valence-corrected chi connectivity index (χ3v) is 9.59. The molecule has 1 amide bonds. The van der Waals surface area contributed by atoms with Crippen LogP contribution in [0.1, 0.15) is 83.7 Å². The Morgan fingerprint density at radius 2 is 1.59 bits per heavy atom. The van der Waals surface area contributed by atoms with Gasteiger partial charge >= 0.3 is 0 Å². The van der Waals surface area contributed by atoms with Crippen LogP contribution in [-0.2, 0) is 4.79 Å². The maximum atomic E-state index is 13.9. The number of benzene rings is 2. The van der Waals surface area contributed by atoms with Gasteiger partial charge in [-0.1, -0.05) is 88.6 Å². The van der Waals surface area contributed by atoms with E-state index < -0.39 is 0 Å². The fourth-order valence-electron chi connectivity index (χ4n) is 8.03. The summed E-state index contributed by atoms with van der Waals surface area (Å²) in [5.41, 5.74) is 2.98. The molecule has 3 aliphatic rings. The highest BCUT2D eigenvalue weighted by molar-refractivity contribution is 5.95. The van der Waals surface area contributed by atoms with E-state index in [2.05, 4.69) is 85.6 Å². The van der Waals surface area contributed by atoms with Gasteiger partial charge in [0.25, 0.3) is 0 Å². The molecule has 182 valence electrons. The van der Waals surface area contributed by atoms with Crippen molar-refractivity contribution in [3.05, 3.63) is 66.2 Å². The van der Waals surface area contributed by atoms with Crippen LogP contribution < -0.4 is 10.2 Å². The van der Waals surface area contributed by atoms with Crippen LogP contribution in [0.3, 0.4) is 0 Å². The molecule has 2 aromatic rings. The second-order valence-electron chi connectivity index (χ2n) is 12.1. The van der Waals surface area contributed by atoms with Crippen molar-refractivity contribution in [3.8, 4) is 0 Å². The van der Waals surface area contributed by atoms with Gasteiger partial charge in [0.05, 0.1) is 6.54 Å². The predicted molar refractivity (Wildman–Crippen MR) is 141 cm³/mol. The number of carbonyl (C=O) groups is 1. The number of fused-ring (bicyclic) bond motifs is 2. The molecular weight excluding hydrogens is 416 g/mol. The molecule has 5 rings (SSSR count). The van der Waals surface area contributed by atoms with Crippen LogP contribution in [0.25, 0.3) is 0 Å². The quantitative estimate of drug-likeness (QED) is 0.478. The highest BCUT2D eigenvalue weighted by Crippen LogP contribution is 2.68. The summed E-state index contributed by atoms with van der Waals surface area (Å²) < 4.78 is 0. The van der Waals surface area contributed by atoms with Crippen LogP contribution in [0.5, 0.6) is 0 Å². The minimum atomic E-state index is 0.194. The van der Waals surface area contributed by atoms with Gasteiger partial charge in [-0.2, -0.15) is 0 Å². The molecule has 3 saturated carbocycles. The van der Waals surface area contributed by atoms with Crippen molar-refractivity contribution < 1.29 is 4.79 Å². The molecule has 3 fully saturated rings. The molecule has 0 spiro atoms. The summed E-state index contributed by atoms with van der Waals surface area (Å²) in [5, 5.41) is 3.84. The Morgan fingerprint density at radius 3 is 2.21 bits per heavy atom. The lowest BCUT2D eigenvalue weighted by molar-refractivity contribution is -0.118. The summed E-state index contributed by atoms with van der Waals surface area (Å²) >= 11 is 0. The summed E-state index contributed by atoms with van der Waals surface area (Å²) in [4.78, 5) is 16.0. The third kappa shape index (κ3) is 4.33. The van der Waals surface area contributed by atoms with Crippen LogP contribution in [-0.4, -0.2) is 18.5 Å². The second-order valence-corrected chi connectivity index (χ2v) is 12.1. The normalized spacial score (nSPS) is 29.1. The van der Waals surface area contributed by atoms with Crippen LogP contribution in [0.2, 0.25) is 0 Å². The number of nitrogens with one attached hydrogen (secondary N) is 1. The maximum absolute atomic E-state index is 13.9. The highest BCUT2D eigenvalue weighted by atomic mass is 16.2. The van der Waals surface area contributed by atoms with Crippen LogP contribution in [0, 0.1) is 22.7 Å². The van der Waals surface area contributed by atoms with Crippen LogP contribution >= 0.6 is 0 Å². The van der Waals surface area contributed by atoms with E-state index >= 15 is 0 Å². The first kappa shape index (κ1) is 23.6. The molecule has 0 aliphatic heterocycles. The summed E-state index contributed by atoms with van der Waals surface area (Å²) in [6.45, 7) is 7.84. The van der Waals surface area contributed by atoms with Crippen molar-refractivity contribution >= 4 is 11.6 Å². The minimum absolute atomic E-state index is 0.194. The molecule has 0 heterocycles. The summed E-state index contributed by atoms with van der Waals surface area (Å²) in [5.74, 6) is 1.52. The average molecular weight is 459 g/mol. The van der Waals surface area contributed by atoms with E-state index in [9.17, 15) is 4.79 Å². The second kappa shape index (κ2) is 9.49. The van der Waals surface area contributed by atoms with Gasteiger partial charge in [-0.15, -0.1) is 0 Å². The van der Waals surface area contributed by atoms with Crippen molar-refractivity contribution in [2.75, 3.05) is 11.4 Å². The molecule has 0 saturated heterocycles. The minimum Gasteiger partial charge on any atom is -0.308 e. The number of hydrogen-bond donors (Lipinski definition) is 1. The smallest absolute Gasteiger partial charge is 0.241 e. The molecule has 34 heavy (non-hydrogen) atoms. The Morgan fingerprint density at radius 1 is 0.941 bits per heavy atom. The van der Waals surface area contributed by atoms with Crippen molar-refractivity contribution in [2.24, 2.45) is 22.7 Å². The summed E-state index contributed by atoms with van der Waals surface area (Å²) in [7, 11) is 0.